The molecule has 2 aromatic rings. The van der Waals surface area contributed by atoms with E-state index in [-0.39, 0.29) is 6.04 Å². The highest BCUT2D eigenvalue weighted by atomic mass is 35.5. The quantitative estimate of drug-likeness (QED) is 0.743. The smallest absolute Gasteiger partial charge is 0.0685 e. The van der Waals surface area contributed by atoms with Crippen molar-refractivity contribution in [3.05, 3.63) is 55.2 Å². The number of thiophene rings is 1. The van der Waals surface area contributed by atoms with Crippen molar-refractivity contribution in [3.63, 3.8) is 0 Å². The summed E-state index contributed by atoms with van der Waals surface area (Å²) in [5, 5.41) is 5.06. The van der Waals surface area contributed by atoms with Crippen molar-refractivity contribution in [1.82, 2.24) is 5.32 Å². The highest BCUT2D eigenvalue weighted by Crippen LogP contribution is 2.38. The van der Waals surface area contributed by atoms with Crippen LogP contribution in [0.3, 0.4) is 0 Å². The number of hydrogen-bond acceptors (Lipinski definition) is 2. The molecule has 1 aliphatic carbocycles. The Morgan fingerprint density at radius 1 is 1.24 bits per heavy atom. The first kappa shape index (κ1) is 15.4. The molecule has 4 heteroatoms. The van der Waals surface area contributed by atoms with Crippen molar-refractivity contribution in [2.24, 2.45) is 0 Å². The van der Waals surface area contributed by atoms with Gasteiger partial charge >= 0.3 is 0 Å². The SMILES string of the molecule is CCCNC(c1cc2c(s1)CCC2)c1ccc(Cl)cc1Cl. The summed E-state index contributed by atoms with van der Waals surface area (Å²) in [6.07, 6.45) is 4.86. The van der Waals surface area contributed by atoms with Crippen LogP contribution in [0.5, 0.6) is 0 Å². The Hall–Kier alpha value is -0.540. The molecule has 1 aromatic carbocycles. The van der Waals surface area contributed by atoms with Crippen LogP contribution in [-0.4, -0.2) is 6.54 Å². The van der Waals surface area contributed by atoms with Crippen LogP contribution in [0.4, 0.5) is 0 Å². The van der Waals surface area contributed by atoms with E-state index in [4.69, 9.17) is 23.2 Å². The lowest BCUT2D eigenvalue weighted by atomic mass is 10.0. The van der Waals surface area contributed by atoms with Gasteiger partial charge in [0.25, 0.3) is 0 Å². The molecule has 0 amide bonds. The molecule has 112 valence electrons. The number of aryl methyl sites for hydroxylation is 2. The fraction of sp³-hybridized carbons (Fsp3) is 0.412. The van der Waals surface area contributed by atoms with Crippen LogP contribution >= 0.6 is 34.5 Å². The van der Waals surface area contributed by atoms with Crippen LogP contribution in [0.15, 0.2) is 24.3 Å². The Morgan fingerprint density at radius 3 is 2.81 bits per heavy atom. The molecule has 0 radical (unpaired) electrons. The van der Waals surface area contributed by atoms with Gasteiger partial charge in [0.15, 0.2) is 0 Å². The number of benzene rings is 1. The van der Waals surface area contributed by atoms with Crippen molar-refractivity contribution < 1.29 is 0 Å². The minimum atomic E-state index is 0.172. The summed E-state index contributed by atoms with van der Waals surface area (Å²) < 4.78 is 0. The molecule has 1 aromatic heterocycles. The summed E-state index contributed by atoms with van der Waals surface area (Å²) in [7, 11) is 0. The van der Waals surface area contributed by atoms with Gasteiger partial charge in [0, 0.05) is 19.8 Å². The Balaban J connectivity index is 1.96. The van der Waals surface area contributed by atoms with E-state index in [0.717, 1.165) is 23.6 Å². The van der Waals surface area contributed by atoms with Crippen LogP contribution in [0.25, 0.3) is 0 Å². The molecule has 0 saturated heterocycles. The van der Waals surface area contributed by atoms with Gasteiger partial charge < -0.3 is 5.32 Å². The maximum absolute atomic E-state index is 6.43. The van der Waals surface area contributed by atoms with Crippen LogP contribution in [0.1, 0.15) is 46.7 Å². The van der Waals surface area contributed by atoms with Gasteiger partial charge in [-0.25, -0.2) is 0 Å². The van der Waals surface area contributed by atoms with E-state index in [1.165, 1.54) is 29.7 Å². The van der Waals surface area contributed by atoms with E-state index in [1.54, 1.807) is 4.88 Å². The molecular weight excluding hydrogens is 321 g/mol. The monoisotopic (exact) mass is 339 g/mol. The average Bonchev–Trinajstić information content (AvgIpc) is 3.02. The van der Waals surface area contributed by atoms with Crippen LogP contribution in [0, 0.1) is 0 Å². The van der Waals surface area contributed by atoms with Gasteiger partial charge in [0.05, 0.1) is 6.04 Å². The minimum Gasteiger partial charge on any atom is -0.306 e. The number of fused-ring (bicyclic) bond motifs is 1. The Kier molecular flexibility index (Phi) is 4.90. The molecule has 21 heavy (non-hydrogen) atoms. The van der Waals surface area contributed by atoms with Gasteiger partial charge in [-0.1, -0.05) is 36.2 Å². The Bertz CT molecular complexity index is 614. The number of hydrogen-bond donors (Lipinski definition) is 1. The lowest BCUT2D eigenvalue weighted by Gasteiger charge is -2.19. The molecule has 0 bridgehead atoms. The van der Waals surface area contributed by atoms with E-state index >= 15 is 0 Å². The molecule has 1 atom stereocenters. The molecule has 1 nitrogen and oxygen atoms in total. The predicted molar refractivity (Wildman–Crippen MR) is 92.9 cm³/mol. The predicted octanol–water partition coefficient (Wildman–Crippen LogP) is 5.63. The van der Waals surface area contributed by atoms with E-state index in [0.29, 0.717) is 5.02 Å². The minimum absolute atomic E-state index is 0.172. The molecule has 0 aliphatic heterocycles. The van der Waals surface area contributed by atoms with E-state index < -0.39 is 0 Å². The standard InChI is InChI=1S/C17H19Cl2NS/c1-2-8-20-17(13-7-6-12(18)10-14(13)19)16-9-11-4-3-5-15(11)21-16/h6-7,9-10,17,20H,2-5,8H2,1H3. The molecule has 3 rings (SSSR count). The first-order chi connectivity index (χ1) is 10.2. The topological polar surface area (TPSA) is 12.0 Å². The van der Waals surface area contributed by atoms with Crippen LogP contribution in [-0.2, 0) is 12.8 Å². The third kappa shape index (κ3) is 3.29. The zero-order chi connectivity index (χ0) is 14.8. The van der Waals surface area contributed by atoms with Crippen molar-refractivity contribution in [3.8, 4) is 0 Å². The summed E-state index contributed by atoms with van der Waals surface area (Å²) in [6.45, 7) is 3.16. The summed E-state index contributed by atoms with van der Waals surface area (Å²) in [4.78, 5) is 2.93. The van der Waals surface area contributed by atoms with Crippen molar-refractivity contribution in [2.45, 2.75) is 38.6 Å². The van der Waals surface area contributed by atoms with Gasteiger partial charge in [0.1, 0.15) is 0 Å². The molecule has 0 spiro atoms. The summed E-state index contributed by atoms with van der Waals surface area (Å²) in [6, 6.07) is 8.34. The molecule has 1 N–H and O–H groups in total. The number of halogens is 2. The number of rotatable bonds is 5. The van der Waals surface area contributed by atoms with Crippen molar-refractivity contribution in [1.29, 1.82) is 0 Å². The second-order valence-electron chi connectivity index (χ2n) is 5.50. The summed E-state index contributed by atoms with van der Waals surface area (Å²) in [5.74, 6) is 0. The third-order valence-electron chi connectivity index (χ3n) is 3.92. The first-order valence-corrected chi connectivity index (χ1v) is 9.06. The van der Waals surface area contributed by atoms with Gasteiger partial charge in [-0.15, -0.1) is 11.3 Å². The zero-order valence-corrected chi connectivity index (χ0v) is 14.4. The lowest BCUT2D eigenvalue weighted by Crippen LogP contribution is -2.22. The second-order valence-corrected chi connectivity index (χ2v) is 7.52. The van der Waals surface area contributed by atoms with Crippen molar-refractivity contribution >= 4 is 34.5 Å². The summed E-state index contributed by atoms with van der Waals surface area (Å²) >= 11 is 14.4. The first-order valence-electron chi connectivity index (χ1n) is 7.49. The van der Waals surface area contributed by atoms with Crippen LogP contribution < -0.4 is 5.32 Å². The van der Waals surface area contributed by atoms with Gasteiger partial charge in [0.2, 0.25) is 0 Å². The van der Waals surface area contributed by atoms with E-state index in [9.17, 15) is 0 Å². The maximum atomic E-state index is 6.43. The average molecular weight is 340 g/mol. The molecule has 0 saturated carbocycles. The molecule has 1 heterocycles. The van der Waals surface area contributed by atoms with Crippen LogP contribution in [0.2, 0.25) is 10.0 Å². The van der Waals surface area contributed by atoms with Gasteiger partial charge in [-0.3, -0.25) is 0 Å². The molecule has 1 unspecified atom stereocenters. The summed E-state index contributed by atoms with van der Waals surface area (Å²) in [5.41, 5.74) is 2.65. The van der Waals surface area contributed by atoms with Gasteiger partial charge in [-0.05, 0) is 61.6 Å². The van der Waals surface area contributed by atoms with Gasteiger partial charge in [-0.2, -0.15) is 0 Å². The fourth-order valence-electron chi connectivity index (χ4n) is 2.88. The molecule has 1 aliphatic rings. The van der Waals surface area contributed by atoms with E-state index in [2.05, 4.69) is 18.3 Å². The second kappa shape index (κ2) is 6.70. The Labute approximate surface area is 140 Å². The Morgan fingerprint density at radius 2 is 2.10 bits per heavy atom. The van der Waals surface area contributed by atoms with E-state index in [1.807, 2.05) is 29.5 Å². The highest BCUT2D eigenvalue weighted by molar-refractivity contribution is 7.12. The molecular formula is C17H19Cl2NS. The lowest BCUT2D eigenvalue weighted by molar-refractivity contribution is 0.605. The maximum Gasteiger partial charge on any atom is 0.0685 e. The highest BCUT2D eigenvalue weighted by Gasteiger charge is 2.22. The van der Waals surface area contributed by atoms with Crippen molar-refractivity contribution in [2.75, 3.05) is 6.54 Å². The third-order valence-corrected chi connectivity index (χ3v) is 5.79. The largest absolute Gasteiger partial charge is 0.306 e. The zero-order valence-electron chi connectivity index (χ0n) is 12.1. The fourth-order valence-corrected chi connectivity index (χ4v) is 4.75. The molecule has 0 fully saturated rings. The number of nitrogens with one attached hydrogen (secondary N) is 1. The normalized spacial score (nSPS) is 15.2.